The molecule has 0 aliphatic heterocycles. The van der Waals surface area contributed by atoms with Gasteiger partial charge in [-0.05, 0) is 17.7 Å². The summed E-state index contributed by atoms with van der Waals surface area (Å²) in [5.41, 5.74) is 0. The molecule has 0 saturated heterocycles. The maximum Gasteiger partial charge on any atom is 0.303 e. The lowest BCUT2D eigenvalue weighted by Gasteiger charge is -2.12. The fourth-order valence-electron chi connectivity index (χ4n) is 1.00. The fraction of sp³-hybridized carbons (Fsp3) is 0.333. The summed E-state index contributed by atoms with van der Waals surface area (Å²) < 4.78 is 5.06. The van der Waals surface area contributed by atoms with E-state index in [2.05, 4.69) is 0 Å². The first-order valence-electron chi connectivity index (χ1n) is 3.93. The zero-order chi connectivity index (χ0) is 9.68. The van der Waals surface area contributed by atoms with E-state index in [0.717, 1.165) is 4.88 Å². The fourth-order valence-corrected chi connectivity index (χ4v) is 1.77. The number of rotatable bonds is 4. The molecule has 0 bridgehead atoms. The molecule has 0 spiro atoms. The standard InChI is InChI=1S/C9H11NO2S/c1-7(11)12-8(4-5-10)9-3-2-6-13-9/h2-3,5-6,8,10H,4H2,1H3. The Labute approximate surface area is 80.9 Å². The van der Waals surface area contributed by atoms with Crippen molar-refractivity contribution in [3.05, 3.63) is 22.4 Å². The molecular weight excluding hydrogens is 186 g/mol. The molecule has 13 heavy (non-hydrogen) atoms. The van der Waals surface area contributed by atoms with Crippen molar-refractivity contribution < 1.29 is 9.53 Å². The Morgan fingerprint density at radius 3 is 3.08 bits per heavy atom. The van der Waals surface area contributed by atoms with Crippen molar-refractivity contribution in [1.82, 2.24) is 0 Å². The molecule has 1 N–H and O–H groups in total. The molecule has 70 valence electrons. The van der Waals surface area contributed by atoms with Crippen LogP contribution in [0.3, 0.4) is 0 Å². The summed E-state index contributed by atoms with van der Waals surface area (Å²) in [7, 11) is 0. The van der Waals surface area contributed by atoms with Gasteiger partial charge in [-0.15, -0.1) is 11.3 Å². The number of carbonyl (C=O) groups excluding carboxylic acids is 1. The SMILES string of the molecule is CC(=O)OC(CC=N)c1cccs1. The second-order valence-corrected chi connectivity index (χ2v) is 3.53. The monoisotopic (exact) mass is 197 g/mol. The Morgan fingerprint density at radius 1 is 1.85 bits per heavy atom. The van der Waals surface area contributed by atoms with Crippen LogP contribution in [0.1, 0.15) is 24.3 Å². The molecule has 0 saturated carbocycles. The van der Waals surface area contributed by atoms with Crippen molar-refractivity contribution in [1.29, 1.82) is 5.41 Å². The van der Waals surface area contributed by atoms with E-state index in [9.17, 15) is 4.79 Å². The molecule has 0 aromatic carbocycles. The second kappa shape index (κ2) is 4.77. The lowest BCUT2D eigenvalue weighted by molar-refractivity contribution is -0.146. The van der Waals surface area contributed by atoms with Crippen LogP contribution < -0.4 is 0 Å². The van der Waals surface area contributed by atoms with Gasteiger partial charge in [0.2, 0.25) is 0 Å². The molecule has 1 unspecified atom stereocenters. The zero-order valence-electron chi connectivity index (χ0n) is 7.32. The number of esters is 1. The molecule has 0 amide bonds. The zero-order valence-corrected chi connectivity index (χ0v) is 8.14. The van der Waals surface area contributed by atoms with Gasteiger partial charge in [-0.2, -0.15) is 0 Å². The number of thiophene rings is 1. The summed E-state index contributed by atoms with van der Waals surface area (Å²) >= 11 is 1.53. The Morgan fingerprint density at radius 2 is 2.62 bits per heavy atom. The largest absolute Gasteiger partial charge is 0.456 e. The topological polar surface area (TPSA) is 50.2 Å². The first-order valence-corrected chi connectivity index (χ1v) is 4.81. The van der Waals surface area contributed by atoms with Crippen molar-refractivity contribution in [3.8, 4) is 0 Å². The molecule has 1 aromatic heterocycles. The predicted molar refractivity (Wildman–Crippen MR) is 52.2 cm³/mol. The van der Waals surface area contributed by atoms with Crippen molar-refractivity contribution in [2.45, 2.75) is 19.4 Å². The average molecular weight is 197 g/mol. The predicted octanol–water partition coefficient (Wildman–Crippen LogP) is 2.39. The number of hydrogen-bond acceptors (Lipinski definition) is 4. The first kappa shape index (κ1) is 9.92. The summed E-state index contributed by atoms with van der Waals surface area (Å²) in [6.07, 6.45) is 1.42. The maximum absolute atomic E-state index is 10.7. The number of hydrogen-bond donors (Lipinski definition) is 1. The molecule has 1 rings (SSSR count). The minimum Gasteiger partial charge on any atom is -0.456 e. The van der Waals surface area contributed by atoms with Gasteiger partial charge in [-0.3, -0.25) is 4.79 Å². The van der Waals surface area contributed by atoms with Gasteiger partial charge in [-0.25, -0.2) is 0 Å². The molecule has 1 heterocycles. The van der Waals surface area contributed by atoms with Gasteiger partial charge in [0, 0.05) is 18.2 Å². The molecule has 4 heteroatoms. The highest BCUT2D eigenvalue weighted by Gasteiger charge is 2.13. The third-order valence-corrected chi connectivity index (χ3v) is 2.47. The molecule has 1 aromatic rings. The summed E-state index contributed by atoms with van der Waals surface area (Å²) in [5.74, 6) is -0.305. The van der Waals surface area contributed by atoms with Crippen LogP contribution in [-0.2, 0) is 9.53 Å². The van der Waals surface area contributed by atoms with Crippen LogP contribution in [0.5, 0.6) is 0 Å². The van der Waals surface area contributed by atoms with E-state index in [4.69, 9.17) is 10.1 Å². The minimum absolute atomic E-state index is 0.282. The van der Waals surface area contributed by atoms with Gasteiger partial charge >= 0.3 is 5.97 Å². The van der Waals surface area contributed by atoms with Gasteiger partial charge in [0.05, 0.1) is 0 Å². The Hall–Kier alpha value is -1.16. The number of carbonyl (C=O) groups is 1. The molecule has 0 aliphatic rings. The first-order chi connectivity index (χ1) is 6.24. The molecule has 3 nitrogen and oxygen atoms in total. The molecule has 1 atom stereocenters. The van der Waals surface area contributed by atoms with Gasteiger partial charge in [0.25, 0.3) is 0 Å². The van der Waals surface area contributed by atoms with E-state index in [1.165, 1.54) is 24.5 Å². The molecule has 0 radical (unpaired) electrons. The highest BCUT2D eigenvalue weighted by atomic mass is 32.1. The van der Waals surface area contributed by atoms with E-state index in [-0.39, 0.29) is 12.1 Å². The smallest absolute Gasteiger partial charge is 0.303 e. The average Bonchev–Trinajstić information content (AvgIpc) is 2.54. The van der Waals surface area contributed by atoms with Crippen LogP contribution in [0.2, 0.25) is 0 Å². The maximum atomic E-state index is 10.7. The summed E-state index contributed by atoms with van der Waals surface area (Å²) in [5, 5.41) is 8.89. The highest BCUT2D eigenvalue weighted by Crippen LogP contribution is 2.24. The van der Waals surface area contributed by atoms with Crippen LogP contribution in [-0.4, -0.2) is 12.2 Å². The number of ether oxygens (including phenoxy) is 1. The minimum atomic E-state index is -0.305. The van der Waals surface area contributed by atoms with Crippen molar-refractivity contribution >= 4 is 23.5 Å². The summed E-state index contributed by atoms with van der Waals surface area (Å²) in [6, 6.07) is 3.81. The normalized spacial score (nSPS) is 12.1. The van der Waals surface area contributed by atoms with Crippen LogP contribution in [0.25, 0.3) is 0 Å². The van der Waals surface area contributed by atoms with Gasteiger partial charge in [0.1, 0.15) is 6.10 Å². The van der Waals surface area contributed by atoms with E-state index in [1.807, 2.05) is 17.5 Å². The van der Waals surface area contributed by atoms with Gasteiger partial charge < -0.3 is 10.1 Å². The highest BCUT2D eigenvalue weighted by molar-refractivity contribution is 7.10. The van der Waals surface area contributed by atoms with Crippen LogP contribution in [0.15, 0.2) is 17.5 Å². The van der Waals surface area contributed by atoms with Crippen molar-refractivity contribution in [3.63, 3.8) is 0 Å². The Bertz CT molecular complexity index is 282. The third-order valence-electron chi connectivity index (χ3n) is 1.50. The van der Waals surface area contributed by atoms with Gasteiger partial charge in [-0.1, -0.05) is 6.07 Å². The van der Waals surface area contributed by atoms with Crippen molar-refractivity contribution in [2.75, 3.05) is 0 Å². The molecule has 0 aliphatic carbocycles. The second-order valence-electron chi connectivity index (χ2n) is 2.55. The quantitative estimate of drug-likeness (QED) is 0.595. The van der Waals surface area contributed by atoms with Crippen LogP contribution in [0.4, 0.5) is 0 Å². The van der Waals surface area contributed by atoms with E-state index in [0.29, 0.717) is 6.42 Å². The van der Waals surface area contributed by atoms with Crippen LogP contribution >= 0.6 is 11.3 Å². The molecular formula is C9H11NO2S. The van der Waals surface area contributed by atoms with E-state index >= 15 is 0 Å². The van der Waals surface area contributed by atoms with E-state index in [1.54, 1.807) is 0 Å². The lowest BCUT2D eigenvalue weighted by Crippen LogP contribution is -2.07. The van der Waals surface area contributed by atoms with Gasteiger partial charge in [0.15, 0.2) is 0 Å². The Balaban J connectivity index is 2.67. The molecule has 0 fully saturated rings. The number of nitrogens with one attached hydrogen (secondary N) is 1. The Kier molecular flexibility index (Phi) is 3.64. The lowest BCUT2D eigenvalue weighted by atomic mass is 10.2. The van der Waals surface area contributed by atoms with Crippen molar-refractivity contribution in [2.24, 2.45) is 0 Å². The summed E-state index contributed by atoms with van der Waals surface area (Å²) in [6.45, 7) is 1.38. The van der Waals surface area contributed by atoms with Crippen LogP contribution in [0, 0.1) is 5.41 Å². The third kappa shape index (κ3) is 2.99. The van der Waals surface area contributed by atoms with E-state index < -0.39 is 0 Å². The summed E-state index contributed by atoms with van der Waals surface area (Å²) in [4.78, 5) is 11.7.